The van der Waals surface area contributed by atoms with Crippen molar-refractivity contribution in [2.45, 2.75) is 32.9 Å². The maximum Gasteiger partial charge on any atom is 0.387 e. The van der Waals surface area contributed by atoms with Crippen molar-refractivity contribution in [2.24, 2.45) is 10.9 Å². The maximum atomic E-state index is 12.6. The third-order valence-electron chi connectivity index (χ3n) is 4.62. The van der Waals surface area contributed by atoms with E-state index in [9.17, 15) is 8.78 Å². The number of aliphatic imine (C=N–C) groups is 1. The van der Waals surface area contributed by atoms with Gasteiger partial charge in [0, 0.05) is 38.8 Å². The van der Waals surface area contributed by atoms with Gasteiger partial charge in [-0.05, 0) is 43.5 Å². The molecule has 2 N–H and O–H groups in total. The number of nitrogens with one attached hydrogen (secondary N) is 2. The van der Waals surface area contributed by atoms with E-state index in [0.29, 0.717) is 23.8 Å². The SMILES string of the molecule is CN=C(NCCN1CCCC(C)C1)NCc1cc(OC)ccc1OC(F)F.I. The van der Waals surface area contributed by atoms with E-state index in [1.807, 2.05) is 0 Å². The highest BCUT2D eigenvalue weighted by atomic mass is 127. The molecule has 1 fully saturated rings. The van der Waals surface area contributed by atoms with Gasteiger partial charge in [-0.3, -0.25) is 4.99 Å². The van der Waals surface area contributed by atoms with Crippen molar-refractivity contribution in [1.29, 1.82) is 0 Å². The molecular weight excluding hydrogens is 481 g/mol. The van der Waals surface area contributed by atoms with Crippen LogP contribution in [0.4, 0.5) is 8.78 Å². The number of ether oxygens (including phenoxy) is 2. The quantitative estimate of drug-likeness (QED) is 0.318. The van der Waals surface area contributed by atoms with Gasteiger partial charge in [0.05, 0.1) is 7.11 Å². The summed E-state index contributed by atoms with van der Waals surface area (Å²) < 4.78 is 35.0. The number of hydrogen-bond acceptors (Lipinski definition) is 4. The lowest BCUT2D eigenvalue weighted by molar-refractivity contribution is -0.0504. The largest absolute Gasteiger partial charge is 0.497 e. The molecule has 2 rings (SSSR count). The summed E-state index contributed by atoms with van der Waals surface area (Å²) in [5.41, 5.74) is 0.572. The molecule has 1 atom stereocenters. The molecule has 160 valence electrons. The molecule has 0 bridgehead atoms. The number of methoxy groups -OCH3 is 1. The van der Waals surface area contributed by atoms with Crippen molar-refractivity contribution >= 4 is 29.9 Å². The summed E-state index contributed by atoms with van der Waals surface area (Å²) in [5.74, 6) is 2.06. The Kier molecular flexibility index (Phi) is 11.4. The van der Waals surface area contributed by atoms with Crippen molar-refractivity contribution in [2.75, 3.05) is 40.3 Å². The van der Waals surface area contributed by atoms with Crippen LogP contribution in [-0.4, -0.2) is 57.8 Å². The second kappa shape index (κ2) is 13.0. The minimum absolute atomic E-state index is 0. The van der Waals surface area contributed by atoms with Crippen molar-refractivity contribution < 1.29 is 18.3 Å². The predicted molar refractivity (Wildman–Crippen MR) is 118 cm³/mol. The monoisotopic (exact) mass is 512 g/mol. The van der Waals surface area contributed by atoms with Crippen LogP contribution < -0.4 is 20.1 Å². The Balaban J connectivity index is 0.00000392. The van der Waals surface area contributed by atoms with Crippen molar-refractivity contribution in [3.05, 3.63) is 23.8 Å². The molecule has 0 radical (unpaired) electrons. The first-order valence-electron chi connectivity index (χ1n) is 9.30. The molecule has 1 unspecified atom stereocenters. The molecule has 9 heteroatoms. The third kappa shape index (κ3) is 8.34. The molecule has 1 aromatic rings. The number of hydrogen-bond donors (Lipinski definition) is 2. The highest BCUT2D eigenvalue weighted by molar-refractivity contribution is 14.0. The Morgan fingerprint density at radius 2 is 2.14 bits per heavy atom. The van der Waals surface area contributed by atoms with E-state index in [2.05, 4.69) is 32.2 Å². The van der Waals surface area contributed by atoms with E-state index in [4.69, 9.17) is 4.74 Å². The summed E-state index contributed by atoms with van der Waals surface area (Å²) in [6.07, 6.45) is 2.55. The van der Waals surface area contributed by atoms with Gasteiger partial charge in [-0.2, -0.15) is 8.78 Å². The molecule has 0 aromatic heterocycles. The molecule has 1 aromatic carbocycles. The van der Waals surface area contributed by atoms with Gasteiger partial charge in [0.2, 0.25) is 0 Å². The molecule has 6 nitrogen and oxygen atoms in total. The summed E-state index contributed by atoms with van der Waals surface area (Å²) >= 11 is 0. The third-order valence-corrected chi connectivity index (χ3v) is 4.62. The van der Waals surface area contributed by atoms with Crippen LogP contribution in [0, 0.1) is 5.92 Å². The van der Waals surface area contributed by atoms with Gasteiger partial charge in [-0.15, -0.1) is 24.0 Å². The van der Waals surface area contributed by atoms with Crippen LogP contribution in [0.15, 0.2) is 23.2 Å². The Labute approximate surface area is 183 Å². The lowest BCUT2D eigenvalue weighted by atomic mass is 10.0. The maximum absolute atomic E-state index is 12.6. The number of likely N-dealkylation sites (tertiary alicyclic amines) is 1. The van der Waals surface area contributed by atoms with Crippen LogP contribution in [0.1, 0.15) is 25.3 Å². The first-order chi connectivity index (χ1) is 13.0. The second-order valence-electron chi connectivity index (χ2n) is 6.75. The van der Waals surface area contributed by atoms with E-state index >= 15 is 0 Å². The summed E-state index contributed by atoms with van der Waals surface area (Å²) in [7, 11) is 3.21. The minimum Gasteiger partial charge on any atom is -0.497 e. The van der Waals surface area contributed by atoms with Crippen LogP contribution in [0.2, 0.25) is 0 Å². The molecular formula is C19H31F2IN4O2. The van der Waals surface area contributed by atoms with Gasteiger partial charge in [0.15, 0.2) is 5.96 Å². The van der Waals surface area contributed by atoms with E-state index in [-0.39, 0.29) is 29.7 Å². The number of guanidine groups is 1. The van der Waals surface area contributed by atoms with E-state index in [1.54, 1.807) is 19.2 Å². The lowest BCUT2D eigenvalue weighted by Gasteiger charge is -2.30. The minimum atomic E-state index is -2.87. The molecule has 0 saturated carbocycles. The number of benzene rings is 1. The number of halogens is 3. The van der Waals surface area contributed by atoms with Crippen LogP contribution in [0.5, 0.6) is 11.5 Å². The Morgan fingerprint density at radius 1 is 1.36 bits per heavy atom. The first-order valence-corrected chi connectivity index (χ1v) is 9.30. The van der Waals surface area contributed by atoms with Gasteiger partial charge in [0.1, 0.15) is 11.5 Å². The molecule has 1 aliphatic rings. The number of nitrogens with zero attached hydrogens (tertiary/aromatic N) is 2. The summed E-state index contributed by atoms with van der Waals surface area (Å²) in [6, 6.07) is 4.75. The van der Waals surface area contributed by atoms with Gasteiger partial charge < -0.3 is 25.0 Å². The highest BCUT2D eigenvalue weighted by Gasteiger charge is 2.16. The van der Waals surface area contributed by atoms with Crippen LogP contribution in [0.25, 0.3) is 0 Å². The zero-order valence-corrected chi connectivity index (χ0v) is 19.0. The van der Waals surface area contributed by atoms with E-state index in [1.165, 1.54) is 26.0 Å². The van der Waals surface area contributed by atoms with Gasteiger partial charge >= 0.3 is 6.61 Å². The first kappa shape index (κ1) is 24.7. The number of alkyl halides is 2. The summed E-state index contributed by atoms with van der Waals surface area (Å²) in [6.45, 7) is 3.69. The topological polar surface area (TPSA) is 58.1 Å². The number of piperidine rings is 1. The van der Waals surface area contributed by atoms with Gasteiger partial charge in [0.25, 0.3) is 0 Å². The summed E-state index contributed by atoms with van der Waals surface area (Å²) in [5, 5.41) is 6.40. The lowest BCUT2D eigenvalue weighted by Crippen LogP contribution is -2.43. The van der Waals surface area contributed by atoms with Gasteiger partial charge in [-0.1, -0.05) is 6.92 Å². The molecule has 0 amide bonds. The molecule has 0 spiro atoms. The average molecular weight is 512 g/mol. The zero-order valence-electron chi connectivity index (χ0n) is 16.7. The predicted octanol–water partition coefficient (Wildman–Crippen LogP) is 3.31. The summed E-state index contributed by atoms with van der Waals surface area (Å²) in [4.78, 5) is 6.64. The van der Waals surface area contributed by atoms with E-state index in [0.717, 1.165) is 32.1 Å². The van der Waals surface area contributed by atoms with E-state index < -0.39 is 6.61 Å². The fourth-order valence-electron chi connectivity index (χ4n) is 3.25. The Morgan fingerprint density at radius 3 is 2.79 bits per heavy atom. The second-order valence-corrected chi connectivity index (χ2v) is 6.75. The smallest absolute Gasteiger partial charge is 0.387 e. The molecule has 1 heterocycles. The fraction of sp³-hybridized carbons (Fsp3) is 0.632. The normalized spacial score (nSPS) is 17.8. The average Bonchev–Trinajstić information content (AvgIpc) is 2.65. The molecule has 1 aliphatic heterocycles. The van der Waals surface area contributed by atoms with Crippen LogP contribution in [-0.2, 0) is 6.54 Å². The fourth-order valence-corrected chi connectivity index (χ4v) is 3.25. The Bertz CT molecular complexity index is 620. The number of rotatable bonds is 8. The highest BCUT2D eigenvalue weighted by Crippen LogP contribution is 2.25. The standard InChI is InChI=1S/C19H30F2N4O2.HI/c1-14-5-4-9-25(13-14)10-8-23-19(22-2)24-12-15-11-16(26-3)6-7-17(15)27-18(20)21;/h6-7,11,14,18H,4-5,8-10,12-13H2,1-3H3,(H2,22,23,24);1H. The van der Waals surface area contributed by atoms with Crippen LogP contribution in [0.3, 0.4) is 0 Å². The molecule has 1 saturated heterocycles. The van der Waals surface area contributed by atoms with Crippen molar-refractivity contribution in [1.82, 2.24) is 15.5 Å². The molecule has 28 heavy (non-hydrogen) atoms. The zero-order chi connectivity index (χ0) is 19.6. The van der Waals surface area contributed by atoms with Gasteiger partial charge in [-0.25, -0.2) is 0 Å². The molecule has 0 aliphatic carbocycles. The van der Waals surface area contributed by atoms with Crippen molar-refractivity contribution in [3.8, 4) is 11.5 Å². The van der Waals surface area contributed by atoms with Crippen molar-refractivity contribution in [3.63, 3.8) is 0 Å². The van der Waals surface area contributed by atoms with Crippen LogP contribution >= 0.6 is 24.0 Å². The Hall–Kier alpha value is -1.36.